The van der Waals surface area contributed by atoms with Crippen LogP contribution in [0.15, 0.2) is 146 Å². The Hall–Kier alpha value is -6.20. The fraction of sp³-hybridized carbons (Fsp3) is 0.0244. The van der Waals surface area contributed by atoms with Crippen LogP contribution in [0.2, 0.25) is 0 Å². The van der Waals surface area contributed by atoms with Gasteiger partial charge in [0.15, 0.2) is 28.8 Å². The van der Waals surface area contributed by atoms with Gasteiger partial charge in [-0.25, -0.2) is 9.97 Å². The molecule has 46 heavy (non-hydrogen) atoms. The molecule has 218 valence electrons. The van der Waals surface area contributed by atoms with Gasteiger partial charge in [-0.15, -0.1) is 0 Å². The van der Waals surface area contributed by atoms with E-state index in [0.29, 0.717) is 28.8 Å². The lowest BCUT2D eigenvalue weighted by molar-refractivity contribution is 0.362. The second kappa shape index (κ2) is 10.5. The highest BCUT2D eigenvalue weighted by atomic mass is 16.6. The van der Waals surface area contributed by atoms with E-state index in [4.69, 9.17) is 19.4 Å². The first kappa shape index (κ1) is 26.2. The standard InChI is InChI=1S/C41H27N3O2/c1-26-22-29(34-25-33(27-12-4-2-5-13-27)42-41(43-34)28-14-6-3-7-15-28)24-30(23-26)44-35-17-9-8-16-31(35)32-20-21-38-40(39(32)44)46-37-19-11-10-18-36(37)45-38/h2-25H,1H3. The second-order valence-corrected chi connectivity index (χ2v) is 11.5. The first-order chi connectivity index (χ1) is 22.7. The number of rotatable bonds is 4. The van der Waals surface area contributed by atoms with E-state index in [0.717, 1.165) is 61.1 Å². The summed E-state index contributed by atoms with van der Waals surface area (Å²) in [4.78, 5) is 10.1. The molecule has 1 aliphatic rings. The van der Waals surface area contributed by atoms with E-state index >= 15 is 0 Å². The first-order valence-electron chi connectivity index (χ1n) is 15.3. The Balaban J connectivity index is 1.28. The Bertz CT molecular complexity index is 2370. The van der Waals surface area contributed by atoms with Crippen molar-refractivity contribution in [3.63, 3.8) is 0 Å². The summed E-state index contributed by atoms with van der Waals surface area (Å²) in [5, 5.41) is 2.24. The molecule has 3 heterocycles. The molecule has 0 saturated heterocycles. The zero-order chi connectivity index (χ0) is 30.6. The molecule has 0 radical (unpaired) electrons. The molecular weight excluding hydrogens is 566 g/mol. The van der Waals surface area contributed by atoms with Crippen LogP contribution in [0.1, 0.15) is 5.56 Å². The fourth-order valence-corrected chi connectivity index (χ4v) is 6.41. The van der Waals surface area contributed by atoms with Crippen molar-refractivity contribution in [2.75, 3.05) is 0 Å². The van der Waals surface area contributed by atoms with Gasteiger partial charge in [0.1, 0.15) is 5.52 Å². The highest BCUT2D eigenvalue weighted by molar-refractivity contribution is 6.12. The summed E-state index contributed by atoms with van der Waals surface area (Å²) in [5.41, 5.74) is 8.93. The van der Waals surface area contributed by atoms with Gasteiger partial charge in [-0.05, 0) is 67.1 Å². The third kappa shape index (κ3) is 4.32. The zero-order valence-corrected chi connectivity index (χ0v) is 25.0. The number of para-hydroxylation sites is 3. The van der Waals surface area contributed by atoms with Gasteiger partial charge in [0.25, 0.3) is 0 Å². The van der Waals surface area contributed by atoms with Crippen LogP contribution in [-0.4, -0.2) is 14.5 Å². The molecule has 0 fully saturated rings. The van der Waals surface area contributed by atoms with Gasteiger partial charge in [0.05, 0.1) is 16.9 Å². The number of aromatic nitrogens is 3. The summed E-state index contributed by atoms with van der Waals surface area (Å²) in [5.74, 6) is 3.50. The minimum atomic E-state index is 0.690. The normalized spacial score (nSPS) is 11.9. The topological polar surface area (TPSA) is 49.2 Å². The highest BCUT2D eigenvalue weighted by Gasteiger charge is 2.25. The third-order valence-electron chi connectivity index (χ3n) is 8.48. The molecule has 6 aromatic carbocycles. The molecule has 8 aromatic rings. The first-order valence-corrected chi connectivity index (χ1v) is 15.3. The molecule has 1 aliphatic heterocycles. The summed E-state index contributed by atoms with van der Waals surface area (Å²) in [7, 11) is 0. The number of nitrogens with zero attached hydrogens (tertiary/aromatic N) is 3. The molecule has 2 aromatic heterocycles. The molecule has 0 atom stereocenters. The Morgan fingerprint density at radius 3 is 1.93 bits per heavy atom. The predicted molar refractivity (Wildman–Crippen MR) is 184 cm³/mol. The molecule has 0 bridgehead atoms. The Labute approximate surface area is 266 Å². The molecule has 5 nitrogen and oxygen atoms in total. The summed E-state index contributed by atoms with van der Waals surface area (Å²) < 4.78 is 15.2. The minimum Gasteiger partial charge on any atom is -0.449 e. The van der Waals surface area contributed by atoms with Crippen molar-refractivity contribution in [2.45, 2.75) is 6.92 Å². The molecule has 0 saturated carbocycles. The number of hydrogen-bond acceptors (Lipinski definition) is 4. The largest absolute Gasteiger partial charge is 0.449 e. The van der Waals surface area contributed by atoms with E-state index in [2.05, 4.69) is 90.4 Å². The van der Waals surface area contributed by atoms with Crippen molar-refractivity contribution in [1.29, 1.82) is 0 Å². The van der Waals surface area contributed by atoms with E-state index in [1.54, 1.807) is 0 Å². The Morgan fingerprint density at radius 2 is 1.15 bits per heavy atom. The molecule has 0 amide bonds. The molecular formula is C41H27N3O2. The van der Waals surface area contributed by atoms with Crippen LogP contribution in [0.25, 0.3) is 61.4 Å². The van der Waals surface area contributed by atoms with Gasteiger partial charge >= 0.3 is 0 Å². The van der Waals surface area contributed by atoms with Crippen molar-refractivity contribution in [1.82, 2.24) is 14.5 Å². The van der Waals surface area contributed by atoms with Crippen LogP contribution in [0, 0.1) is 6.92 Å². The number of fused-ring (bicyclic) bond motifs is 6. The van der Waals surface area contributed by atoms with Crippen LogP contribution >= 0.6 is 0 Å². The van der Waals surface area contributed by atoms with Crippen molar-refractivity contribution < 1.29 is 9.47 Å². The SMILES string of the molecule is Cc1cc(-c2cc(-c3ccccc3)nc(-c3ccccc3)n2)cc(-n2c3ccccc3c3ccc4c(c32)Oc2ccccc2O4)c1. The lowest BCUT2D eigenvalue weighted by Crippen LogP contribution is -2.02. The van der Waals surface area contributed by atoms with E-state index in [1.165, 1.54) is 0 Å². The zero-order valence-electron chi connectivity index (χ0n) is 25.0. The molecule has 5 heteroatoms. The molecule has 0 N–H and O–H groups in total. The molecule has 0 unspecified atom stereocenters. The minimum absolute atomic E-state index is 0.690. The highest BCUT2D eigenvalue weighted by Crippen LogP contribution is 2.50. The second-order valence-electron chi connectivity index (χ2n) is 11.5. The summed E-state index contributed by atoms with van der Waals surface area (Å²) in [6.45, 7) is 2.13. The molecule has 0 spiro atoms. The van der Waals surface area contributed by atoms with Crippen molar-refractivity contribution in [2.24, 2.45) is 0 Å². The van der Waals surface area contributed by atoms with E-state index in [9.17, 15) is 0 Å². The van der Waals surface area contributed by atoms with Crippen molar-refractivity contribution in [3.05, 3.63) is 151 Å². The van der Waals surface area contributed by atoms with E-state index in [-0.39, 0.29) is 0 Å². The van der Waals surface area contributed by atoms with Crippen LogP contribution in [-0.2, 0) is 0 Å². The Morgan fingerprint density at radius 1 is 0.500 bits per heavy atom. The molecule has 0 aliphatic carbocycles. The molecule has 9 rings (SSSR count). The Kier molecular flexibility index (Phi) is 5.96. The lowest BCUT2D eigenvalue weighted by Gasteiger charge is -2.22. The van der Waals surface area contributed by atoms with Gasteiger partial charge in [-0.2, -0.15) is 0 Å². The smallest absolute Gasteiger partial charge is 0.194 e. The average molecular weight is 594 g/mol. The van der Waals surface area contributed by atoms with Crippen molar-refractivity contribution in [3.8, 4) is 62.6 Å². The van der Waals surface area contributed by atoms with Crippen LogP contribution in [0.4, 0.5) is 0 Å². The summed E-state index contributed by atoms with van der Waals surface area (Å²) in [6.07, 6.45) is 0. The van der Waals surface area contributed by atoms with Gasteiger partial charge in [-0.3, -0.25) is 0 Å². The predicted octanol–water partition coefficient (Wildman–Crippen LogP) is 10.8. The number of ether oxygens (including phenoxy) is 2. The maximum atomic E-state index is 6.59. The quantitative estimate of drug-likeness (QED) is 0.204. The van der Waals surface area contributed by atoms with Gasteiger partial charge < -0.3 is 14.0 Å². The maximum Gasteiger partial charge on any atom is 0.194 e. The maximum absolute atomic E-state index is 6.59. The average Bonchev–Trinajstić information content (AvgIpc) is 3.46. The number of aryl methyl sites for hydroxylation is 1. The van der Waals surface area contributed by atoms with Gasteiger partial charge in [-0.1, -0.05) is 91.0 Å². The van der Waals surface area contributed by atoms with Gasteiger partial charge in [0, 0.05) is 33.2 Å². The number of benzene rings is 6. The fourth-order valence-electron chi connectivity index (χ4n) is 6.41. The van der Waals surface area contributed by atoms with Crippen LogP contribution in [0.5, 0.6) is 23.0 Å². The van der Waals surface area contributed by atoms with E-state index in [1.807, 2.05) is 66.7 Å². The third-order valence-corrected chi connectivity index (χ3v) is 8.48. The van der Waals surface area contributed by atoms with Crippen LogP contribution in [0.3, 0.4) is 0 Å². The summed E-state index contributed by atoms with van der Waals surface area (Å²) in [6, 6.07) is 49.5. The summed E-state index contributed by atoms with van der Waals surface area (Å²) >= 11 is 0. The van der Waals surface area contributed by atoms with Crippen molar-refractivity contribution >= 4 is 21.8 Å². The van der Waals surface area contributed by atoms with Crippen LogP contribution < -0.4 is 9.47 Å². The number of hydrogen-bond donors (Lipinski definition) is 0. The lowest BCUT2D eigenvalue weighted by atomic mass is 10.0. The monoisotopic (exact) mass is 593 g/mol. The van der Waals surface area contributed by atoms with E-state index < -0.39 is 0 Å². The van der Waals surface area contributed by atoms with Gasteiger partial charge in [0.2, 0.25) is 0 Å².